The monoisotopic (exact) mass is 262 g/mol. The third-order valence-corrected chi connectivity index (χ3v) is 2.86. The average molecular weight is 262 g/mol. The first-order valence-electron chi connectivity index (χ1n) is 6.19. The van der Waals surface area contributed by atoms with Crippen molar-refractivity contribution in [2.75, 3.05) is 19.5 Å². The van der Waals surface area contributed by atoms with Crippen LogP contribution in [0.1, 0.15) is 12.8 Å². The van der Waals surface area contributed by atoms with Crippen molar-refractivity contribution >= 4 is 11.7 Å². The molecule has 5 nitrogen and oxygen atoms in total. The van der Waals surface area contributed by atoms with Gasteiger partial charge in [0.15, 0.2) is 0 Å². The molecule has 1 saturated carbocycles. The van der Waals surface area contributed by atoms with Gasteiger partial charge in [0.25, 0.3) is 0 Å². The summed E-state index contributed by atoms with van der Waals surface area (Å²) in [5.41, 5.74) is 0.569. The molecule has 102 valence electrons. The van der Waals surface area contributed by atoms with Crippen molar-refractivity contribution in [2.45, 2.75) is 12.8 Å². The van der Waals surface area contributed by atoms with Crippen LogP contribution in [0.5, 0.6) is 11.5 Å². The Morgan fingerprint density at radius 3 is 2.74 bits per heavy atom. The number of carbonyl (C=O) groups excluding carboxylic acids is 1. The molecule has 0 radical (unpaired) electrons. The molecule has 2 amide bonds. The van der Waals surface area contributed by atoms with Gasteiger partial charge in [-0.05, 0) is 30.9 Å². The van der Waals surface area contributed by atoms with Gasteiger partial charge in [0.1, 0.15) is 11.5 Å². The Hall–Kier alpha value is -2.17. The van der Waals surface area contributed by atoms with Crippen LogP contribution in [-0.2, 0) is 0 Å². The largest absolute Gasteiger partial charge is 0.497 e. The van der Waals surface area contributed by atoms with E-state index < -0.39 is 0 Å². The second-order valence-corrected chi connectivity index (χ2v) is 4.36. The Balaban J connectivity index is 1.97. The number of rotatable bonds is 5. The smallest absolute Gasteiger partial charge is 0.323 e. The molecule has 1 aliphatic carbocycles. The van der Waals surface area contributed by atoms with E-state index in [2.05, 4.69) is 10.6 Å². The van der Waals surface area contributed by atoms with E-state index in [4.69, 9.17) is 9.47 Å². The maximum absolute atomic E-state index is 11.7. The van der Waals surface area contributed by atoms with Crippen LogP contribution >= 0.6 is 0 Å². The number of carbonyl (C=O) groups is 1. The summed E-state index contributed by atoms with van der Waals surface area (Å²) in [6, 6.07) is 4.93. The quantitative estimate of drug-likeness (QED) is 0.857. The minimum Gasteiger partial charge on any atom is -0.497 e. The molecule has 19 heavy (non-hydrogen) atoms. The number of anilines is 1. The summed E-state index contributed by atoms with van der Waals surface area (Å²) in [6.07, 6.45) is 6.11. The van der Waals surface area contributed by atoms with E-state index in [1.54, 1.807) is 38.6 Å². The van der Waals surface area contributed by atoms with Gasteiger partial charge in [-0.2, -0.15) is 0 Å². The Morgan fingerprint density at radius 2 is 2.11 bits per heavy atom. The van der Waals surface area contributed by atoms with Crippen LogP contribution in [0.3, 0.4) is 0 Å². The fraction of sp³-hybridized carbons (Fsp3) is 0.357. The number of urea groups is 1. The highest BCUT2D eigenvalue weighted by Gasteiger charge is 2.17. The second-order valence-electron chi connectivity index (χ2n) is 4.36. The van der Waals surface area contributed by atoms with E-state index in [1.165, 1.54) is 12.8 Å². The first-order valence-corrected chi connectivity index (χ1v) is 6.19. The van der Waals surface area contributed by atoms with Crippen molar-refractivity contribution in [1.29, 1.82) is 0 Å². The van der Waals surface area contributed by atoms with Crippen molar-refractivity contribution in [2.24, 2.45) is 5.92 Å². The summed E-state index contributed by atoms with van der Waals surface area (Å²) < 4.78 is 10.3. The lowest BCUT2D eigenvalue weighted by atomic mass is 10.2. The predicted octanol–water partition coefficient (Wildman–Crippen LogP) is 2.75. The van der Waals surface area contributed by atoms with E-state index in [9.17, 15) is 4.79 Å². The second kappa shape index (κ2) is 6.13. The normalized spacial score (nSPS) is 14.2. The lowest BCUT2D eigenvalue weighted by Crippen LogP contribution is -2.24. The standard InChI is InChI=1S/C14H18N2O3/c1-18-11-5-6-13(19-2)12(9-11)16-14(17)15-8-7-10-3-4-10/h5-10H,3-4H2,1-2H3,(H2,15,16,17)/b8-7+. The zero-order chi connectivity index (χ0) is 13.7. The van der Waals surface area contributed by atoms with Gasteiger partial charge in [-0.25, -0.2) is 4.79 Å². The molecule has 0 saturated heterocycles. The highest BCUT2D eigenvalue weighted by Crippen LogP contribution is 2.30. The molecule has 1 aliphatic rings. The highest BCUT2D eigenvalue weighted by molar-refractivity contribution is 5.91. The first kappa shape index (κ1) is 13.3. The summed E-state index contributed by atoms with van der Waals surface area (Å²) in [5.74, 6) is 1.87. The van der Waals surface area contributed by atoms with Crippen LogP contribution in [0.2, 0.25) is 0 Å². The van der Waals surface area contributed by atoms with Gasteiger partial charge in [0, 0.05) is 12.3 Å². The number of amides is 2. The molecule has 2 N–H and O–H groups in total. The fourth-order valence-corrected chi connectivity index (χ4v) is 1.62. The lowest BCUT2D eigenvalue weighted by molar-refractivity contribution is 0.255. The molecule has 1 fully saturated rings. The number of methoxy groups -OCH3 is 2. The number of benzene rings is 1. The van der Waals surface area contributed by atoms with Crippen molar-refractivity contribution in [3.05, 3.63) is 30.5 Å². The Labute approximate surface area is 112 Å². The van der Waals surface area contributed by atoms with Crippen LogP contribution < -0.4 is 20.1 Å². The minimum atomic E-state index is -0.302. The number of nitrogens with one attached hydrogen (secondary N) is 2. The van der Waals surface area contributed by atoms with Gasteiger partial charge >= 0.3 is 6.03 Å². The van der Waals surface area contributed by atoms with Gasteiger partial charge in [-0.1, -0.05) is 6.08 Å². The molecule has 0 aliphatic heterocycles. The predicted molar refractivity (Wildman–Crippen MR) is 73.6 cm³/mol. The topological polar surface area (TPSA) is 59.6 Å². The third-order valence-electron chi connectivity index (χ3n) is 2.86. The maximum Gasteiger partial charge on any atom is 0.323 e. The molecule has 0 bridgehead atoms. The van der Waals surface area contributed by atoms with Crippen LogP contribution in [-0.4, -0.2) is 20.3 Å². The molecule has 2 rings (SSSR count). The molecule has 0 unspecified atom stereocenters. The van der Waals surface area contributed by atoms with Gasteiger partial charge in [-0.15, -0.1) is 0 Å². The summed E-state index contributed by atoms with van der Waals surface area (Å²) in [4.78, 5) is 11.7. The van der Waals surface area contributed by atoms with Gasteiger partial charge in [0.05, 0.1) is 19.9 Å². The van der Waals surface area contributed by atoms with Crippen LogP contribution in [0.4, 0.5) is 10.5 Å². The Morgan fingerprint density at radius 1 is 1.32 bits per heavy atom. The number of ether oxygens (including phenoxy) is 2. The highest BCUT2D eigenvalue weighted by atomic mass is 16.5. The number of allylic oxidation sites excluding steroid dienone is 1. The molecule has 5 heteroatoms. The molecule has 0 heterocycles. The van der Waals surface area contributed by atoms with E-state index in [-0.39, 0.29) is 6.03 Å². The molecule has 0 aromatic heterocycles. The summed E-state index contributed by atoms with van der Waals surface area (Å²) in [5, 5.41) is 5.39. The van der Waals surface area contributed by atoms with E-state index in [1.807, 2.05) is 6.08 Å². The number of hydrogen-bond acceptors (Lipinski definition) is 3. The minimum absolute atomic E-state index is 0.302. The van der Waals surface area contributed by atoms with Crippen LogP contribution in [0.25, 0.3) is 0 Å². The van der Waals surface area contributed by atoms with E-state index >= 15 is 0 Å². The van der Waals surface area contributed by atoms with Crippen LogP contribution in [0.15, 0.2) is 30.5 Å². The van der Waals surface area contributed by atoms with E-state index in [0.29, 0.717) is 23.1 Å². The van der Waals surface area contributed by atoms with Gasteiger partial charge in [0.2, 0.25) is 0 Å². The first-order chi connectivity index (χ1) is 9.22. The lowest BCUT2D eigenvalue weighted by Gasteiger charge is -2.11. The Bertz CT molecular complexity index is 482. The van der Waals surface area contributed by atoms with Crippen molar-refractivity contribution in [1.82, 2.24) is 5.32 Å². The van der Waals surface area contributed by atoms with E-state index in [0.717, 1.165) is 0 Å². The molecule has 0 spiro atoms. The van der Waals surface area contributed by atoms with Crippen molar-refractivity contribution in [3.8, 4) is 11.5 Å². The van der Waals surface area contributed by atoms with Gasteiger partial charge in [-0.3, -0.25) is 0 Å². The average Bonchev–Trinajstić information content (AvgIpc) is 3.22. The number of hydrogen-bond donors (Lipinski definition) is 2. The SMILES string of the molecule is COc1ccc(OC)c(NC(=O)N/C=C/C2CC2)c1. The Kier molecular flexibility index (Phi) is 4.28. The molecular formula is C14H18N2O3. The molecular weight excluding hydrogens is 244 g/mol. The van der Waals surface area contributed by atoms with Crippen molar-refractivity contribution < 1.29 is 14.3 Å². The summed E-state index contributed by atoms with van der Waals surface area (Å²) in [7, 11) is 3.13. The summed E-state index contributed by atoms with van der Waals surface area (Å²) in [6.45, 7) is 0. The zero-order valence-electron chi connectivity index (χ0n) is 11.1. The maximum atomic E-state index is 11.7. The fourth-order valence-electron chi connectivity index (χ4n) is 1.62. The molecule has 1 aromatic rings. The zero-order valence-corrected chi connectivity index (χ0v) is 11.1. The van der Waals surface area contributed by atoms with Crippen LogP contribution in [0, 0.1) is 5.92 Å². The van der Waals surface area contributed by atoms with Gasteiger partial charge < -0.3 is 20.1 Å². The summed E-state index contributed by atoms with van der Waals surface area (Å²) >= 11 is 0. The third kappa shape index (κ3) is 3.91. The molecule has 0 atom stereocenters. The van der Waals surface area contributed by atoms with Crippen molar-refractivity contribution in [3.63, 3.8) is 0 Å². The molecule has 1 aromatic carbocycles.